The van der Waals surface area contributed by atoms with Crippen LogP contribution in [0.3, 0.4) is 0 Å². The average molecular weight is 319 g/mol. The van der Waals surface area contributed by atoms with Gasteiger partial charge in [-0.1, -0.05) is 6.92 Å². The second-order valence-electron chi connectivity index (χ2n) is 5.06. The maximum atomic E-state index is 12.6. The molecule has 0 aromatic rings. The molecule has 2 rings (SSSR count). The first kappa shape index (κ1) is 16.7. The van der Waals surface area contributed by atoms with Crippen LogP contribution in [0.4, 0.5) is 0 Å². The van der Waals surface area contributed by atoms with Crippen molar-refractivity contribution in [3.63, 3.8) is 0 Å². The Morgan fingerprint density at radius 2 is 2.04 bits per heavy atom. The lowest BCUT2D eigenvalue weighted by molar-refractivity contribution is -0.145. The third kappa shape index (κ3) is 2.81. The van der Waals surface area contributed by atoms with Gasteiger partial charge in [-0.05, 0) is 13.0 Å². The number of rotatable bonds is 5. The summed E-state index contributed by atoms with van der Waals surface area (Å²) in [5.41, 5.74) is 0.518. The Bertz CT molecular complexity index is 670. The van der Waals surface area contributed by atoms with E-state index in [-0.39, 0.29) is 41.3 Å². The maximum Gasteiger partial charge on any atom is 0.305 e. The van der Waals surface area contributed by atoms with E-state index in [1.807, 2.05) is 0 Å². The number of carbonyl (C=O) groups is 4. The van der Waals surface area contributed by atoms with Crippen LogP contribution >= 0.6 is 0 Å². The second-order valence-corrected chi connectivity index (χ2v) is 5.06. The lowest BCUT2D eigenvalue weighted by Crippen LogP contribution is -2.44. The highest BCUT2D eigenvalue weighted by atomic mass is 16.5. The predicted molar refractivity (Wildman–Crippen MR) is 78.8 cm³/mol. The minimum atomic E-state index is -0.849. The molecule has 122 valence electrons. The number of Topliss-reactive ketones (excluding diaryl/α,β-unsaturated/α-hetero) is 2. The van der Waals surface area contributed by atoms with Gasteiger partial charge in [0.15, 0.2) is 11.5 Å². The highest BCUT2D eigenvalue weighted by Crippen LogP contribution is 2.32. The molecule has 7 heteroatoms. The fraction of sp³-hybridized carbons (Fsp3) is 0.375. The fourth-order valence-corrected chi connectivity index (χ4v) is 2.55. The highest BCUT2D eigenvalue weighted by Gasteiger charge is 2.40. The number of carbonyl (C=O) groups excluding carboxylic acids is 4. The lowest BCUT2D eigenvalue weighted by Gasteiger charge is -2.33. The van der Waals surface area contributed by atoms with Gasteiger partial charge in [-0.2, -0.15) is 0 Å². The van der Waals surface area contributed by atoms with E-state index in [9.17, 15) is 19.2 Å². The number of hydrogen-bond acceptors (Lipinski definition) is 6. The molecule has 23 heavy (non-hydrogen) atoms. The topological polar surface area (TPSA) is 90.0 Å². The minimum absolute atomic E-state index is 0.0540. The lowest BCUT2D eigenvalue weighted by atomic mass is 9.83. The first-order valence-electron chi connectivity index (χ1n) is 7.11. The third-order valence-corrected chi connectivity index (χ3v) is 3.79. The van der Waals surface area contributed by atoms with Gasteiger partial charge in [-0.15, -0.1) is 0 Å². The second kappa shape index (κ2) is 6.60. The number of allylic oxidation sites excluding steroid dienone is 4. The van der Waals surface area contributed by atoms with Crippen LogP contribution in [0.25, 0.3) is 0 Å². The minimum Gasteiger partial charge on any atom is -0.492 e. The Kier molecular flexibility index (Phi) is 4.78. The van der Waals surface area contributed by atoms with Gasteiger partial charge in [0, 0.05) is 29.3 Å². The van der Waals surface area contributed by atoms with E-state index in [2.05, 4.69) is 0 Å². The van der Waals surface area contributed by atoms with E-state index in [1.54, 1.807) is 6.92 Å². The Morgan fingerprint density at radius 1 is 1.35 bits per heavy atom. The van der Waals surface area contributed by atoms with Crippen LogP contribution in [0.5, 0.6) is 0 Å². The number of hydrogen-bond donors (Lipinski definition) is 0. The van der Waals surface area contributed by atoms with E-state index < -0.39 is 17.8 Å². The molecule has 0 bridgehead atoms. The van der Waals surface area contributed by atoms with E-state index in [0.717, 1.165) is 0 Å². The van der Waals surface area contributed by atoms with E-state index in [1.165, 1.54) is 31.2 Å². The van der Waals surface area contributed by atoms with Crippen LogP contribution in [0, 0.1) is 0 Å². The van der Waals surface area contributed by atoms with Gasteiger partial charge in [0.2, 0.25) is 12.2 Å². The van der Waals surface area contributed by atoms with Crippen LogP contribution < -0.4 is 0 Å². The number of esters is 1. The van der Waals surface area contributed by atoms with Crippen LogP contribution in [-0.4, -0.2) is 48.6 Å². The molecule has 0 saturated carbocycles. The van der Waals surface area contributed by atoms with Gasteiger partial charge >= 0.3 is 5.97 Å². The molecule has 1 heterocycles. The normalized spacial score (nSPS) is 20.7. The van der Waals surface area contributed by atoms with E-state index in [4.69, 9.17) is 9.47 Å². The summed E-state index contributed by atoms with van der Waals surface area (Å²) < 4.78 is 10.1. The Balaban J connectivity index is 2.44. The van der Waals surface area contributed by atoms with Crippen molar-refractivity contribution in [3.05, 3.63) is 34.8 Å². The van der Waals surface area contributed by atoms with Gasteiger partial charge < -0.3 is 14.4 Å². The maximum absolute atomic E-state index is 12.6. The highest BCUT2D eigenvalue weighted by molar-refractivity contribution is 6.26. The summed E-state index contributed by atoms with van der Waals surface area (Å²) in [6.45, 7) is 2.94. The zero-order valence-corrected chi connectivity index (χ0v) is 13.1. The molecular formula is C16H17NO6. The standard InChI is InChI=1S/C16H17NO6/c1-4-12(19)23-7-11-13-10(5-6-17(11)8-18)14(20)9(2)16(22-3)15(13)21/h5-6,8,11H,4,7H2,1-3H3. The molecular weight excluding hydrogens is 302 g/mol. The van der Waals surface area contributed by atoms with Gasteiger partial charge in [0.25, 0.3) is 0 Å². The molecule has 1 unspecified atom stereocenters. The summed E-state index contributed by atoms with van der Waals surface area (Å²) in [7, 11) is 1.30. The molecule has 1 atom stereocenters. The van der Waals surface area contributed by atoms with Gasteiger partial charge in [0.1, 0.15) is 6.61 Å². The van der Waals surface area contributed by atoms with Gasteiger partial charge in [0.05, 0.1) is 13.2 Å². The average Bonchev–Trinajstić information content (AvgIpc) is 2.57. The zero-order chi connectivity index (χ0) is 17.1. The fourth-order valence-electron chi connectivity index (χ4n) is 2.55. The summed E-state index contributed by atoms with van der Waals surface area (Å²) in [5, 5.41) is 0. The van der Waals surface area contributed by atoms with Crippen LogP contribution in [0.2, 0.25) is 0 Å². The smallest absolute Gasteiger partial charge is 0.305 e. The molecule has 0 aromatic carbocycles. The number of ketones is 2. The van der Waals surface area contributed by atoms with E-state index >= 15 is 0 Å². The first-order chi connectivity index (χ1) is 11.0. The zero-order valence-electron chi connectivity index (χ0n) is 13.1. The molecule has 2 aliphatic rings. The molecule has 1 aliphatic carbocycles. The summed E-state index contributed by atoms with van der Waals surface area (Å²) in [4.78, 5) is 48.8. The quantitative estimate of drug-likeness (QED) is 0.420. The van der Waals surface area contributed by atoms with Crippen molar-refractivity contribution in [2.45, 2.75) is 26.3 Å². The molecule has 0 fully saturated rings. The van der Waals surface area contributed by atoms with Crippen molar-refractivity contribution >= 4 is 23.9 Å². The van der Waals surface area contributed by atoms with Crippen molar-refractivity contribution in [2.24, 2.45) is 0 Å². The van der Waals surface area contributed by atoms with Crippen molar-refractivity contribution in [1.82, 2.24) is 4.90 Å². The number of ether oxygens (including phenoxy) is 2. The van der Waals surface area contributed by atoms with E-state index in [0.29, 0.717) is 6.41 Å². The van der Waals surface area contributed by atoms with Crippen LogP contribution in [0.15, 0.2) is 34.8 Å². The number of methoxy groups -OCH3 is 1. The van der Waals surface area contributed by atoms with Gasteiger partial charge in [-0.25, -0.2) is 0 Å². The Labute approximate surface area is 133 Å². The van der Waals surface area contributed by atoms with Crippen molar-refractivity contribution in [1.29, 1.82) is 0 Å². The number of amides is 1. The summed E-state index contributed by atoms with van der Waals surface area (Å²) in [6, 6.07) is -0.849. The third-order valence-electron chi connectivity index (χ3n) is 3.79. The SMILES string of the molecule is CCC(=O)OCC1C2=C(C=CN1C=O)C(=O)C(C)=C(OC)C2=O. The van der Waals surface area contributed by atoms with Gasteiger partial charge in [-0.3, -0.25) is 19.2 Å². The molecule has 1 aliphatic heterocycles. The molecule has 0 N–H and O–H groups in total. The summed E-state index contributed by atoms with van der Waals surface area (Å²) in [5.74, 6) is -1.33. The molecule has 0 spiro atoms. The molecule has 0 saturated heterocycles. The Hall–Kier alpha value is -2.70. The monoisotopic (exact) mass is 319 g/mol. The summed E-state index contributed by atoms with van der Waals surface area (Å²) in [6.07, 6.45) is 3.50. The Morgan fingerprint density at radius 3 is 2.61 bits per heavy atom. The molecule has 0 aromatic heterocycles. The largest absolute Gasteiger partial charge is 0.492 e. The molecule has 1 amide bonds. The number of nitrogens with zero attached hydrogens (tertiary/aromatic N) is 1. The predicted octanol–water partition coefficient (Wildman–Crippen LogP) is 0.663. The molecule has 7 nitrogen and oxygen atoms in total. The van der Waals surface area contributed by atoms with Crippen molar-refractivity contribution in [2.75, 3.05) is 13.7 Å². The summed E-state index contributed by atoms with van der Waals surface area (Å²) >= 11 is 0. The molecule has 0 radical (unpaired) electrons. The van der Waals surface area contributed by atoms with Crippen LogP contribution in [-0.2, 0) is 28.7 Å². The van der Waals surface area contributed by atoms with Crippen molar-refractivity contribution in [3.8, 4) is 0 Å². The van der Waals surface area contributed by atoms with Crippen molar-refractivity contribution < 1.29 is 28.7 Å². The first-order valence-corrected chi connectivity index (χ1v) is 7.11. The van der Waals surface area contributed by atoms with Crippen LogP contribution in [0.1, 0.15) is 20.3 Å².